The van der Waals surface area contributed by atoms with E-state index in [1.807, 2.05) is 13.0 Å². The Kier molecular flexibility index (Phi) is 4.56. The van der Waals surface area contributed by atoms with Crippen LogP contribution in [0.2, 0.25) is 14.4 Å². The zero-order valence-electron chi connectivity index (χ0n) is 11.8. The predicted molar refractivity (Wildman–Crippen MR) is 95.2 cm³/mol. The van der Waals surface area contributed by atoms with Crippen LogP contribution in [0.1, 0.15) is 17.8 Å². The molecule has 1 aliphatic heterocycles. The van der Waals surface area contributed by atoms with Gasteiger partial charge in [0.1, 0.15) is 0 Å². The summed E-state index contributed by atoms with van der Waals surface area (Å²) in [5, 5.41) is 16.2. The molecule has 0 aliphatic carbocycles. The number of halogens is 3. The normalized spacial score (nSPS) is 20.7. The van der Waals surface area contributed by atoms with E-state index in [1.165, 1.54) is 11.3 Å². The Morgan fingerprint density at radius 2 is 2.00 bits per heavy atom. The predicted octanol–water partition coefficient (Wildman–Crippen LogP) is 5.35. The highest BCUT2D eigenvalue weighted by Gasteiger charge is 2.40. The second kappa shape index (κ2) is 6.32. The summed E-state index contributed by atoms with van der Waals surface area (Å²) < 4.78 is 0.637. The topological polar surface area (TPSA) is 52.9 Å². The van der Waals surface area contributed by atoms with Crippen molar-refractivity contribution in [2.45, 2.75) is 13.0 Å². The van der Waals surface area contributed by atoms with Gasteiger partial charge >= 0.3 is 5.97 Å². The number of anilines is 1. The molecule has 3 rings (SSSR count). The standard InChI is InChI=1S/C15H11Cl3N2O2S/c1-7-13(15(21)22)19-20(10-3-2-8(16)6-9(10)17)14(7)11-4-5-12(18)23-11/h2-7,14H,1H3,(H,21,22)/t7-,14-/m0/s1. The maximum atomic E-state index is 11.5. The van der Waals surface area contributed by atoms with Crippen LogP contribution in [0.4, 0.5) is 5.69 Å². The smallest absolute Gasteiger partial charge is 0.352 e. The Balaban J connectivity index is 2.11. The number of thiophene rings is 1. The highest BCUT2D eigenvalue weighted by molar-refractivity contribution is 7.16. The van der Waals surface area contributed by atoms with Gasteiger partial charge in [-0.25, -0.2) is 4.79 Å². The van der Waals surface area contributed by atoms with Crippen LogP contribution in [-0.2, 0) is 4.79 Å². The molecule has 0 spiro atoms. The van der Waals surface area contributed by atoms with Crippen LogP contribution in [-0.4, -0.2) is 16.8 Å². The van der Waals surface area contributed by atoms with E-state index in [0.29, 0.717) is 20.1 Å². The van der Waals surface area contributed by atoms with Gasteiger partial charge in [-0.05, 0) is 30.3 Å². The zero-order chi connectivity index (χ0) is 16.7. The number of benzene rings is 1. The zero-order valence-corrected chi connectivity index (χ0v) is 14.9. The number of hydrazone groups is 1. The molecule has 2 aromatic rings. The molecule has 120 valence electrons. The van der Waals surface area contributed by atoms with Crippen LogP contribution in [0, 0.1) is 5.92 Å². The Bertz CT molecular complexity index is 806. The summed E-state index contributed by atoms with van der Waals surface area (Å²) in [4.78, 5) is 12.4. The van der Waals surface area contributed by atoms with Gasteiger partial charge in [-0.1, -0.05) is 41.7 Å². The lowest BCUT2D eigenvalue weighted by Crippen LogP contribution is -2.25. The van der Waals surface area contributed by atoms with Gasteiger partial charge in [0.05, 0.1) is 21.1 Å². The third-order valence-corrected chi connectivity index (χ3v) is 5.48. The summed E-state index contributed by atoms with van der Waals surface area (Å²) in [6.07, 6.45) is 0. The van der Waals surface area contributed by atoms with Gasteiger partial charge in [0.15, 0.2) is 5.71 Å². The first-order valence-electron chi connectivity index (χ1n) is 6.70. The molecular formula is C15H11Cl3N2O2S. The molecule has 4 nitrogen and oxygen atoms in total. The number of hydrogen-bond acceptors (Lipinski definition) is 4. The van der Waals surface area contributed by atoms with Gasteiger partial charge in [0.25, 0.3) is 0 Å². The van der Waals surface area contributed by atoms with Crippen molar-refractivity contribution in [2.75, 3.05) is 5.01 Å². The van der Waals surface area contributed by atoms with Crippen LogP contribution < -0.4 is 5.01 Å². The van der Waals surface area contributed by atoms with Crippen LogP contribution in [0.15, 0.2) is 35.4 Å². The van der Waals surface area contributed by atoms with E-state index in [4.69, 9.17) is 34.8 Å². The maximum Gasteiger partial charge on any atom is 0.352 e. The minimum atomic E-state index is -1.04. The Labute approximate surface area is 151 Å². The molecule has 0 radical (unpaired) electrons. The molecule has 1 aromatic heterocycles. The Morgan fingerprint density at radius 3 is 2.57 bits per heavy atom. The molecule has 23 heavy (non-hydrogen) atoms. The fourth-order valence-corrected chi connectivity index (χ4v) is 4.34. The molecule has 0 amide bonds. The molecule has 0 bridgehead atoms. The first-order chi connectivity index (χ1) is 10.9. The molecule has 1 aliphatic rings. The van der Waals surface area contributed by atoms with Gasteiger partial charge in [-0.3, -0.25) is 5.01 Å². The van der Waals surface area contributed by atoms with E-state index < -0.39 is 5.97 Å². The van der Waals surface area contributed by atoms with E-state index in [9.17, 15) is 9.90 Å². The summed E-state index contributed by atoms with van der Waals surface area (Å²) in [5.41, 5.74) is 0.694. The van der Waals surface area contributed by atoms with E-state index in [0.717, 1.165) is 4.88 Å². The molecule has 0 saturated carbocycles. The highest BCUT2D eigenvalue weighted by Crippen LogP contribution is 2.44. The molecule has 1 aromatic carbocycles. The Morgan fingerprint density at radius 1 is 1.26 bits per heavy atom. The lowest BCUT2D eigenvalue weighted by molar-refractivity contribution is -0.129. The first kappa shape index (κ1) is 16.6. The van der Waals surface area contributed by atoms with E-state index in [-0.39, 0.29) is 17.7 Å². The lowest BCUT2D eigenvalue weighted by atomic mass is 9.96. The second-order valence-electron chi connectivity index (χ2n) is 5.11. The summed E-state index contributed by atoms with van der Waals surface area (Å²) in [6, 6.07) is 8.42. The number of carboxylic acids is 1. The van der Waals surface area contributed by atoms with Crippen molar-refractivity contribution in [2.24, 2.45) is 11.0 Å². The van der Waals surface area contributed by atoms with Crippen molar-refractivity contribution in [3.8, 4) is 0 Å². The summed E-state index contributed by atoms with van der Waals surface area (Å²) in [7, 11) is 0. The molecule has 2 atom stereocenters. The summed E-state index contributed by atoms with van der Waals surface area (Å²) >= 11 is 19.6. The van der Waals surface area contributed by atoms with E-state index >= 15 is 0 Å². The van der Waals surface area contributed by atoms with Crippen molar-refractivity contribution < 1.29 is 9.90 Å². The fourth-order valence-electron chi connectivity index (χ4n) is 2.59. The first-order valence-corrected chi connectivity index (χ1v) is 8.65. The average Bonchev–Trinajstić information content (AvgIpc) is 3.02. The van der Waals surface area contributed by atoms with Crippen molar-refractivity contribution in [3.63, 3.8) is 0 Å². The van der Waals surface area contributed by atoms with Crippen LogP contribution >= 0.6 is 46.1 Å². The quantitative estimate of drug-likeness (QED) is 0.770. The SMILES string of the molecule is C[C@H]1C(C(=O)O)=NN(c2ccc(Cl)cc2Cl)[C@@H]1c1ccc(Cl)s1. The molecule has 0 unspecified atom stereocenters. The van der Waals surface area contributed by atoms with Crippen LogP contribution in [0.25, 0.3) is 0 Å². The Hall–Kier alpha value is -1.27. The number of aliphatic carboxylic acids is 1. The van der Waals surface area contributed by atoms with Gasteiger partial charge < -0.3 is 5.11 Å². The lowest BCUT2D eigenvalue weighted by Gasteiger charge is -2.26. The van der Waals surface area contributed by atoms with Crippen molar-refractivity contribution >= 4 is 63.5 Å². The number of nitrogens with zero attached hydrogens (tertiary/aromatic N) is 2. The summed E-state index contributed by atoms with van der Waals surface area (Å²) in [5.74, 6) is -1.35. The van der Waals surface area contributed by atoms with Crippen molar-refractivity contribution in [1.82, 2.24) is 0 Å². The average molecular weight is 390 g/mol. The van der Waals surface area contributed by atoms with Gasteiger partial charge in [-0.2, -0.15) is 5.10 Å². The largest absolute Gasteiger partial charge is 0.477 e. The van der Waals surface area contributed by atoms with E-state index in [2.05, 4.69) is 5.10 Å². The minimum Gasteiger partial charge on any atom is -0.477 e. The number of carboxylic acid groups (broad SMARTS) is 1. The van der Waals surface area contributed by atoms with Crippen molar-refractivity contribution in [1.29, 1.82) is 0 Å². The number of hydrogen-bond donors (Lipinski definition) is 1. The maximum absolute atomic E-state index is 11.5. The van der Waals surface area contributed by atoms with Gasteiger partial charge in [0.2, 0.25) is 0 Å². The third kappa shape index (κ3) is 3.06. The molecule has 8 heteroatoms. The fraction of sp³-hybridized carbons (Fsp3) is 0.200. The molecule has 0 saturated heterocycles. The molecule has 0 fully saturated rings. The van der Waals surface area contributed by atoms with E-state index in [1.54, 1.807) is 29.3 Å². The molecule has 2 heterocycles. The molecular weight excluding hydrogens is 379 g/mol. The number of rotatable bonds is 3. The third-order valence-electron chi connectivity index (χ3n) is 3.65. The second-order valence-corrected chi connectivity index (χ2v) is 7.70. The van der Waals surface area contributed by atoms with Crippen LogP contribution in [0.3, 0.4) is 0 Å². The van der Waals surface area contributed by atoms with Crippen molar-refractivity contribution in [3.05, 3.63) is 49.6 Å². The minimum absolute atomic E-state index is 0.0885. The van der Waals surface area contributed by atoms with Gasteiger partial charge in [-0.15, -0.1) is 11.3 Å². The summed E-state index contributed by atoms with van der Waals surface area (Å²) in [6.45, 7) is 1.83. The number of carbonyl (C=O) groups is 1. The van der Waals surface area contributed by atoms with Gasteiger partial charge in [0, 0.05) is 15.8 Å². The monoisotopic (exact) mass is 388 g/mol. The van der Waals surface area contributed by atoms with Crippen LogP contribution in [0.5, 0.6) is 0 Å². The highest BCUT2D eigenvalue weighted by atomic mass is 35.5. The molecule has 1 N–H and O–H groups in total.